The lowest BCUT2D eigenvalue weighted by atomic mass is 9.97. The normalized spacial score (nSPS) is 19.9. The van der Waals surface area contributed by atoms with Crippen molar-refractivity contribution >= 4 is 5.91 Å². The van der Waals surface area contributed by atoms with Crippen LogP contribution in [0.15, 0.2) is 4.52 Å². The molecule has 164 valence electrons. The smallest absolute Gasteiger partial charge is 0.224 e. The van der Waals surface area contributed by atoms with Gasteiger partial charge >= 0.3 is 0 Å². The Morgan fingerprint density at radius 3 is 2.41 bits per heavy atom. The van der Waals surface area contributed by atoms with Crippen molar-refractivity contribution in [2.24, 2.45) is 0 Å². The fourth-order valence-corrected chi connectivity index (χ4v) is 4.72. The second-order valence-corrected chi connectivity index (χ2v) is 8.77. The number of carbonyl (C=O) groups is 1. The van der Waals surface area contributed by atoms with Crippen LogP contribution in [0.1, 0.15) is 56.5 Å². The van der Waals surface area contributed by atoms with Gasteiger partial charge in [-0.1, -0.05) is 5.16 Å². The third kappa shape index (κ3) is 6.03. The van der Waals surface area contributed by atoms with Gasteiger partial charge in [0.05, 0.1) is 12.1 Å². The van der Waals surface area contributed by atoms with Gasteiger partial charge in [0.25, 0.3) is 0 Å². The van der Waals surface area contributed by atoms with Crippen molar-refractivity contribution in [2.75, 3.05) is 39.4 Å². The third-order valence-corrected chi connectivity index (χ3v) is 6.57. The number of likely N-dealkylation sites (tertiary alicyclic amines) is 1. The third-order valence-electron chi connectivity index (χ3n) is 6.57. The monoisotopic (exact) mass is 406 g/mol. The maximum Gasteiger partial charge on any atom is 0.224 e. The fourth-order valence-electron chi connectivity index (χ4n) is 4.72. The summed E-state index contributed by atoms with van der Waals surface area (Å²) in [7, 11) is 0. The van der Waals surface area contributed by atoms with Crippen LogP contribution >= 0.6 is 0 Å². The standard InChI is InChI=1S/C22H38N4O3/c1-16(2)25-10-5-19(6-11-25)26(20-7-13-28-14-8-20)12-9-23-22(27)15-21-17(3)24-29-18(21)4/h16,19-20H,5-15H2,1-4H3,(H,23,27). The SMILES string of the molecule is Cc1noc(C)c1CC(=O)NCCN(C1CCOCC1)C1CCN(C(C)C)CC1. The Morgan fingerprint density at radius 2 is 1.83 bits per heavy atom. The van der Waals surface area contributed by atoms with E-state index >= 15 is 0 Å². The number of aromatic nitrogens is 1. The molecular weight excluding hydrogens is 368 g/mol. The lowest BCUT2D eigenvalue weighted by Crippen LogP contribution is -2.53. The van der Waals surface area contributed by atoms with E-state index in [2.05, 4.69) is 34.1 Å². The molecule has 3 rings (SSSR count). The minimum Gasteiger partial charge on any atom is -0.381 e. The molecule has 29 heavy (non-hydrogen) atoms. The first-order valence-corrected chi connectivity index (χ1v) is 11.2. The summed E-state index contributed by atoms with van der Waals surface area (Å²) >= 11 is 0. The van der Waals surface area contributed by atoms with Crippen molar-refractivity contribution in [1.82, 2.24) is 20.3 Å². The van der Waals surface area contributed by atoms with Crippen LogP contribution in [-0.2, 0) is 16.0 Å². The van der Waals surface area contributed by atoms with Gasteiger partial charge in [0, 0.05) is 50.0 Å². The number of amides is 1. The first kappa shape index (κ1) is 22.2. The molecule has 3 heterocycles. The first-order valence-electron chi connectivity index (χ1n) is 11.2. The highest BCUT2D eigenvalue weighted by Crippen LogP contribution is 2.24. The molecule has 1 N–H and O–H groups in total. The first-order chi connectivity index (χ1) is 14.0. The number of hydrogen-bond donors (Lipinski definition) is 1. The van der Waals surface area contributed by atoms with Crippen LogP contribution in [0, 0.1) is 13.8 Å². The number of aryl methyl sites for hydroxylation is 2. The zero-order valence-corrected chi connectivity index (χ0v) is 18.6. The summed E-state index contributed by atoms with van der Waals surface area (Å²) in [5, 5.41) is 7.06. The van der Waals surface area contributed by atoms with E-state index in [-0.39, 0.29) is 5.91 Å². The van der Waals surface area contributed by atoms with Crippen LogP contribution in [0.5, 0.6) is 0 Å². The van der Waals surface area contributed by atoms with E-state index in [1.807, 2.05) is 13.8 Å². The fraction of sp³-hybridized carbons (Fsp3) is 0.818. The quantitative estimate of drug-likeness (QED) is 0.714. The maximum atomic E-state index is 12.4. The summed E-state index contributed by atoms with van der Waals surface area (Å²) in [5.41, 5.74) is 1.71. The number of piperidine rings is 1. The predicted octanol–water partition coefficient (Wildman–Crippen LogP) is 2.30. The zero-order chi connectivity index (χ0) is 20.8. The maximum absolute atomic E-state index is 12.4. The summed E-state index contributed by atoms with van der Waals surface area (Å²) in [6.45, 7) is 13.9. The minimum atomic E-state index is 0.0426. The highest BCUT2D eigenvalue weighted by Gasteiger charge is 2.31. The molecule has 0 bridgehead atoms. The molecule has 0 aliphatic carbocycles. The van der Waals surface area contributed by atoms with Crippen LogP contribution in [-0.4, -0.2) is 78.4 Å². The van der Waals surface area contributed by atoms with Crippen molar-refractivity contribution in [3.8, 4) is 0 Å². The van der Waals surface area contributed by atoms with Crippen LogP contribution < -0.4 is 5.32 Å². The Morgan fingerprint density at radius 1 is 1.17 bits per heavy atom. The Labute approximate surface area is 175 Å². The Bertz CT molecular complexity index is 627. The molecule has 2 saturated heterocycles. The van der Waals surface area contributed by atoms with Crippen LogP contribution in [0.2, 0.25) is 0 Å². The molecule has 0 aromatic carbocycles. The molecule has 2 aliphatic rings. The summed E-state index contributed by atoms with van der Waals surface area (Å²) in [5.74, 6) is 0.777. The molecule has 2 aliphatic heterocycles. The molecule has 0 unspecified atom stereocenters. The number of rotatable bonds is 8. The molecule has 0 saturated carbocycles. The van der Waals surface area contributed by atoms with Gasteiger partial charge in [-0.15, -0.1) is 0 Å². The van der Waals surface area contributed by atoms with E-state index < -0.39 is 0 Å². The second kappa shape index (κ2) is 10.5. The number of nitrogens with zero attached hydrogens (tertiary/aromatic N) is 3. The van der Waals surface area contributed by atoms with Crippen LogP contribution in [0.25, 0.3) is 0 Å². The van der Waals surface area contributed by atoms with Crippen molar-refractivity contribution in [1.29, 1.82) is 0 Å². The molecule has 0 atom stereocenters. The zero-order valence-electron chi connectivity index (χ0n) is 18.6. The van der Waals surface area contributed by atoms with Gasteiger partial charge in [0.1, 0.15) is 5.76 Å². The van der Waals surface area contributed by atoms with Gasteiger partial charge in [-0.05, 0) is 66.5 Å². The van der Waals surface area contributed by atoms with E-state index in [9.17, 15) is 4.79 Å². The lowest BCUT2D eigenvalue weighted by molar-refractivity contribution is -0.120. The molecule has 0 radical (unpaired) electrons. The average Bonchev–Trinajstić information content (AvgIpc) is 3.04. The van der Waals surface area contributed by atoms with E-state index in [4.69, 9.17) is 9.26 Å². The average molecular weight is 407 g/mol. The minimum absolute atomic E-state index is 0.0426. The van der Waals surface area contributed by atoms with E-state index in [1.54, 1.807) is 0 Å². The van der Waals surface area contributed by atoms with Crippen LogP contribution in [0.3, 0.4) is 0 Å². The van der Waals surface area contributed by atoms with E-state index in [0.29, 0.717) is 31.1 Å². The molecule has 7 heteroatoms. The van der Waals surface area contributed by atoms with E-state index in [1.165, 1.54) is 25.9 Å². The van der Waals surface area contributed by atoms with Gasteiger partial charge in [-0.25, -0.2) is 0 Å². The Balaban J connectivity index is 1.52. The molecule has 1 aromatic rings. The van der Waals surface area contributed by atoms with E-state index in [0.717, 1.165) is 49.6 Å². The highest BCUT2D eigenvalue weighted by molar-refractivity contribution is 5.78. The highest BCUT2D eigenvalue weighted by atomic mass is 16.5. The molecule has 2 fully saturated rings. The summed E-state index contributed by atoms with van der Waals surface area (Å²) in [6, 6.07) is 1.79. The Kier molecular flexibility index (Phi) is 8.09. The number of carbonyl (C=O) groups excluding carboxylic acids is 1. The number of hydrogen-bond acceptors (Lipinski definition) is 6. The molecule has 7 nitrogen and oxygen atoms in total. The molecule has 1 aromatic heterocycles. The van der Waals surface area contributed by atoms with Gasteiger partial charge in [-0.2, -0.15) is 0 Å². The van der Waals surface area contributed by atoms with Gasteiger partial charge in [-0.3, -0.25) is 9.69 Å². The van der Waals surface area contributed by atoms with Crippen LogP contribution in [0.4, 0.5) is 0 Å². The van der Waals surface area contributed by atoms with Crippen molar-refractivity contribution in [2.45, 2.75) is 77.9 Å². The van der Waals surface area contributed by atoms with Gasteiger partial charge in [0.15, 0.2) is 0 Å². The van der Waals surface area contributed by atoms with Crippen molar-refractivity contribution in [3.05, 3.63) is 17.0 Å². The largest absolute Gasteiger partial charge is 0.381 e. The van der Waals surface area contributed by atoms with Gasteiger partial charge in [0.2, 0.25) is 5.91 Å². The molecular formula is C22H38N4O3. The Hall–Kier alpha value is -1.44. The van der Waals surface area contributed by atoms with Gasteiger partial charge < -0.3 is 19.5 Å². The topological polar surface area (TPSA) is 70.8 Å². The predicted molar refractivity (Wildman–Crippen MR) is 113 cm³/mol. The summed E-state index contributed by atoms with van der Waals surface area (Å²) in [6.07, 6.45) is 4.95. The number of nitrogens with one attached hydrogen (secondary N) is 1. The summed E-state index contributed by atoms with van der Waals surface area (Å²) in [4.78, 5) is 17.7. The summed E-state index contributed by atoms with van der Waals surface area (Å²) < 4.78 is 10.8. The lowest BCUT2D eigenvalue weighted by Gasteiger charge is -2.44. The van der Waals surface area contributed by atoms with Crippen molar-refractivity contribution in [3.63, 3.8) is 0 Å². The van der Waals surface area contributed by atoms with Crippen molar-refractivity contribution < 1.29 is 14.1 Å². The second-order valence-electron chi connectivity index (χ2n) is 8.77. The number of ether oxygens (including phenoxy) is 1. The molecule has 0 spiro atoms. The molecule has 1 amide bonds.